The lowest BCUT2D eigenvalue weighted by molar-refractivity contribution is 0.204. The van der Waals surface area contributed by atoms with Crippen LogP contribution >= 0.6 is 11.8 Å². The molecule has 0 aromatic rings. The van der Waals surface area contributed by atoms with Crippen LogP contribution in [0.4, 0.5) is 0 Å². The number of ether oxygens (including phenoxy) is 1. The summed E-state index contributed by atoms with van der Waals surface area (Å²) in [5.74, 6) is 0.498. The summed E-state index contributed by atoms with van der Waals surface area (Å²) < 4.78 is 4.86. The molecule has 78 valence electrons. The Morgan fingerprint density at radius 3 is 2.92 bits per heavy atom. The molecule has 0 saturated carbocycles. The number of hydrogen-bond donors (Lipinski definition) is 2. The number of nitrogens with one attached hydrogen (secondary N) is 1. The zero-order chi connectivity index (χ0) is 10.1. The quantitative estimate of drug-likeness (QED) is 0.372. The van der Waals surface area contributed by atoms with E-state index in [1.54, 1.807) is 18.9 Å². The van der Waals surface area contributed by atoms with Crippen molar-refractivity contribution in [1.29, 1.82) is 0 Å². The second-order valence-electron chi connectivity index (χ2n) is 2.69. The molecule has 0 amide bonds. The fourth-order valence-electron chi connectivity index (χ4n) is 0.639. The normalized spacial score (nSPS) is 14.2. The lowest BCUT2D eigenvalue weighted by atomic mass is 10.5. The fourth-order valence-corrected chi connectivity index (χ4v) is 0.862. The van der Waals surface area contributed by atoms with Gasteiger partial charge in [0.1, 0.15) is 0 Å². The van der Waals surface area contributed by atoms with Gasteiger partial charge in [-0.1, -0.05) is 6.92 Å². The zero-order valence-electron chi connectivity index (χ0n) is 8.54. The molecule has 0 aliphatic carbocycles. The Morgan fingerprint density at radius 1 is 1.69 bits per heavy atom. The minimum Gasteiger partial charge on any atom is -0.383 e. The van der Waals surface area contributed by atoms with Crippen LogP contribution in [0.25, 0.3) is 0 Å². The second-order valence-corrected chi connectivity index (χ2v) is 3.97. The van der Waals surface area contributed by atoms with Gasteiger partial charge in [-0.3, -0.25) is 4.99 Å². The van der Waals surface area contributed by atoms with E-state index in [-0.39, 0.29) is 0 Å². The maximum atomic E-state index is 5.59. The van der Waals surface area contributed by atoms with E-state index in [4.69, 9.17) is 10.5 Å². The summed E-state index contributed by atoms with van der Waals surface area (Å²) in [6.07, 6.45) is 2.06. The van der Waals surface area contributed by atoms with Gasteiger partial charge in [0, 0.05) is 18.9 Å². The van der Waals surface area contributed by atoms with Crippen molar-refractivity contribution in [3.8, 4) is 0 Å². The first-order valence-corrected chi connectivity index (χ1v) is 5.55. The Morgan fingerprint density at radius 2 is 2.38 bits per heavy atom. The van der Waals surface area contributed by atoms with Gasteiger partial charge in [0.05, 0.1) is 13.2 Å². The van der Waals surface area contributed by atoms with Gasteiger partial charge in [0.2, 0.25) is 0 Å². The largest absolute Gasteiger partial charge is 0.383 e. The second kappa shape index (κ2) is 8.19. The Labute approximate surface area is 84.3 Å². The minimum atomic E-state index is 0.498. The summed E-state index contributed by atoms with van der Waals surface area (Å²) in [5, 5.41) is 3.47. The zero-order valence-corrected chi connectivity index (χ0v) is 9.36. The SMILES string of the molecule is COCCNC(N)=NCC(C)SC. The van der Waals surface area contributed by atoms with Crippen LogP contribution in [0.2, 0.25) is 0 Å². The number of nitrogens with two attached hydrogens (primary N) is 1. The molecule has 13 heavy (non-hydrogen) atoms. The summed E-state index contributed by atoms with van der Waals surface area (Å²) in [6.45, 7) is 4.23. The molecule has 4 nitrogen and oxygen atoms in total. The standard InChI is InChI=1S/C8H19N3OS/c1-7(13-3)6-11-8(9)10-4-5-12-2/h7H,4-6H2,1-3H3,(H3,9,10,11). The highest BCUT2D eigenvalue weighted by molar-refractivity contribution is 7.99. The van der Waals surface area contributed by atoms with Crippen LogP contribution in [0, 0.1) is 0 Å². The lowest BCUT2D eigenvalue weighted by Crippen LogP contribution is -2.34. The first-order chi connectivity index (χ1) is 6.20. The number of guanidine groups is 1. The van der Waals surface area contributed by atoms with Crippen molar-refractivity contribution >= 4 is 17.7 Å². The van der Waals surface area contributed by atoms with E-state index in [1.807, 2.05) is 0 Å². The summed E-state index contributed by atoms with van der Waals surface area (Å²) in [6, 6.07) is 0. The number of nitrogens with zero attached hydrogens (tertiary/aromatic N) is 1. The van der Waals surface area contributed by atoms with Crippen molar-refractivity contribution in [3.63, 3.8) is 0 Å². The first-order valence-electron chi connectivity index (χ1n) is 4.26. The molecule has 0 aromatic heterocycles. The van der Waals surface area contributed by atoms with Gasteiger partial charge in [-0.15, -0.1) is 0 Å². The number of hydrogen-bond acceptors (Lipinski definition) is 3. The van der Waals surface area contributed by atoms with Gasteiger partial charge in [-0.25, -0.2) is 0 Å². The molecule has 0 spiro atoms. The average molecular weight is 205 g/mol. The van der Waals surface area contributed by atoms with E-state index < -0.39 is 0 Å². The molecule has 1 unspecified atom stereocenters. The molecule has 0 saturated heterocycles. The highest BCUT2D eigenvalue weighted by Gasteiger charge is 1.97. The molecule has 0 aliphatic rings. The van der Waals surface area contributed by atoms with E-state index >= 15 is 0 Å². The molecule has 1 atom stereocenters. The van der Waals surface area contributed by atoms with Crippen LogP contribution in [0.15, 0.2) is 4.99 Å². The molecule has 0 heterocycles. The molecule has 0 aliphatic heterocycles. The molecular weight excluding hydrogens is 186 g/mol. The van der Waals surface area contributed by atoms with Gasteiger partial charge in [0.15, 0.2) is 5.96 Å². The third-order valence-corrected chi connectivity index (χ3v) is 2.49. The van der Waals surface area contributed by atoms with E-state index in [0.717, 1.165) is 6.54 Å². The van der Waals surface area contributed by atoms with Crippen molar-refractivity contribution in [3.05, 3.63) is 0 Å². The smallest absolute Gasteiger partial charge is 0.188 e. The summed E-state index contributed by atoms with van der Waals surface area (Å²) >= 11 is 1.78. The van der Waals surface area contributed by atoms with E-state index in [1.165, 1.54) is 0 Å². The minimum absolute atomic E-state index is 0.498. The van der Waals surface area contributed by atoms with Gasteiger partial charge in [0.25, 0.3) is 0 Å². The topological polar surface area (TPSA) is 59.6 Å². The molecule has 0 fully saturated rings. The fraction of sp³-hybridized carbons (Fsp3) is 0.875. The van der Waals surface area contributed by atoms with Crippen LogP contribution < -0.4 is 11.1 Å². The van der Waals surface area contributed by atoms with E-state index in [2.05, 4.69) is 23.5 Å². The van der Waals surface area contributed by atoms with Gasteiger partial charge in [-0.2, -0.15) is 11.8 Å². The van der Waals surface area contributed by atoms with Gasteiger partial charge >= 0.3 is 0 Å². The Kier molecular flexibility index (Phi) is 7.93. The van der Waals surface area contributed by atoms with Crippen LogP contribution in [0.3, 0.4) is 0 Å². The van der Waals surface area contributed by atoms with Crippen LogP contribution in [0.1, 0.15) is 6.92 Å². The van der Waals surface area contributed by atoms with Gasteiger partial charge in [-0.05, 0) is 6.26 Å². The Bertz CT molecular complexity index is 152. The molecule has 0 rings (SSSR count). The van der Waals surface area contributed by atoms with Crippen molar-refractivity contribution in [1.82, 2.24) is 5.32 Å². The van der Waals surface area contributed by atoms with Crippen LogP contribution in [0.5, 0.6) is 0 Å². The Balaban J connectivity index is 3.50. The van der Waals surface area contributed by atoms with Crippen molar-refractivity contribution in [2.45, 2.75) is 12.2 Å². The number of aliphatic imine (C=N–C) groups is 1. The van der Waals surface area contributed by atoms with E-state index in [0.29, 0.717) is 24.4 Å². The maximum Gasteiger partial charge on any atom is 0.188 e. The van der Waals surface area contributed by atoms with Crippen molar-refractivity contribution in [2.24, 2.45) is 10.7 Å². The average Bonchev–Trinajstić information content (AvgIpc) is 2.14. The predicted octanol–water partition coefficient (Wildman–Crippen LogP) is 0.289. The highest BCUT2D eigenvalue weighted by atomic mass is 32.2. The van der Waals surface area contributed by atoms with Crippen LogP contribution in [-0.2, 0) is 4.74 Å². The van der Waals surface area contributed by atoms with Crippen molar-refractivity contribution < 1.29 is 4.74 Å². The molecule has 3 N–H and O–H groups in total. The number of rotatable bonds is 6. The predicted molar refractivity (Wildman–Crippen MR) is 59.3 cm³/mol. The third kappa shape index (κ3) is 7.93. The van der Waals surface area contributed by atoms with E-state index in [9.17, 15) is 0 Å². The summed E-state index contributed by atoms with van der Waals surface area (Å²) in [5.41, 5.74) is 5.59. The van der Waals surface area contributed by atoms with Crippen molar-refractivity contribution in [2.75, 3.05) is 33.1 Å². The maximum absolute atomic E-state index is 5.59. The first kappa shape index (κ1) is 12.6. The highest BCUT2D eigenvalue weighted by Crippen LogP contribution is 2.03. The number of methoxy groups -OCH3 is 1. The van der Waals surface area contributed by atoms with Crippen LogP contribution in [-0.4, -0.2) is 44.3 Å². The third-order valence-electron chi connectivity index (χ3n) is 1.53. The molecule has 5 heteroatoms. The summed E-state index contributed by atoms with van der Waals surface area (Å²) in [7, 11) is 1.66. The Hall–Kier alpha value is -0.420. The number of thioether (sulfide) groups is 1. The molecular formula is C8H19N3OS. The molecule has 0 aromatic carbocycles. The van der Waals surface area contributed by atoms with Gasteiger partial charge < -0.3 is 15.8 Å². The molecule has 0 bridgehead atoms. The summed E-state index contributed by atoms with van der Waals surface area (Å²) in [4.78, 5) is 4.17. The monoisotopic (exact) mass is 205 g/mol. The lowest BCUT2D eigenvalue weighted by Gasteiger charge is -2.06. The molecule has 0 radical (unpaired) electrons.